The minimum absolute atomic E-state index is 0.0712. The van der Waals surface area contributed by atoms with Gasteiger partial charge in [0.15, 0.2) is 0 Å². The average Bonchev–Trinajstić information content (AvgIpc) is 2.82. The smallest absolute Gasteiger partial charge is 0.239 e. The van der Waals surface area contributed by atoms with Crippen LogP contribution >= 0.6 is 0 Å². The van der Waals surface area contributed by atoms with E-state index in [1.54, 1.807) is 0 Å². The van der Waals surface area contributed by atoms with Gasteiger partial charge in [-0.3, -0.25) is 9.59 Å². The second-order valence-corrected chi connectivity index (χ2v) is 7.95. The van der Waals surface area contributed by atoms with Gasteiger partial charge in [0.1, 0.15) is 0 Å². The Labute approximate surface area is 170 Å². The Kier molecular flexibility index (Phi) is 12.2. The molecule has 0 aromatic carbocycles. The van der Waals surface area contributed by atoms with E-state index >= 15 is 0 Å². The molecular formula is C21H40N4O3. The summed E-state index contributed by atoms with van der Waals surface area (Å²) in [5.74, 6) is 0.271. The number of nitrogens with one attached hydrogen (secondary N) is 2. The van der Waals surface area contributed by atoms with Crippen LogP contribution in [0.15, 0.2) is 0 Å². The summed E-state index contributed by atoms with van der Waals surface area (Å²) < 4.78 is 5.22. The standard InChI is InChI=1S/C10H18N2O2.C6H11NO.C5H11N/c13-10(9-3-1-2-4-11-9)12-5-7-14-8-6-12;8-6-7-4-2-1-3-5-7;1-2-4-6-5-3-1/h9,11H,1-8H2;6H,1-5H2;6H,1-5H2. The fourth-order valence-corrected chi connectivity index (χ4v) is 3.89. The molecule has 0 aromatic heterocycles. The molecule has 1 unspecified atom stereocenters. The minimum Gasteiger partial charge on any atom is -0.378 e. The Balaban J connectivity index is 0.000000169. The highest BCUT2D eigenvalue weighted by atomic mass is 16.5. The summed E-state index contributed by atoms with van der Waals surface area (Å²) in [6, 6.07) is 0.0712. The van der Waals surface area contributed by atoms with Crippen LogP contribution in [-0.2, 0) is 14.3 Å². The molecule has 4 heterocycles. The first-order valence-corrected chi connectivity index (χ1v) is 11.3. The molecule has 0 aliphatic carbocycles. The van der Waals surface area contributed by atoms with Crippen LogP contribution in [0.4, 0.5) is 0 Å². The summed E-state index contributed by atoms with van der Waals surface area (Å²) in [7, 11) is 0. The number of ether oxygens (including phenoxy) is 1. The molecule has 0 spiro atoms. The Bertz CT molecular complexity index is 382. The molecule has 0 saturated carbocycles. The van der Waals surface area contributed by atoms with Crippen LogP contribution in [0.3, 0.4) is 0 Å². The molecule has 2 amide bonds. The second-order valence-electron chi connectivity index (χ2n) is 7.95. The van der Waals surface area contributed by atoms with Crippen molar-refractivity contribution in [2.24, 2.45) is 0 Å². The van der Waals surface area contributed by atoms with Gasteiger partial charge in [0.2, 0.25) is 12.3 Å². The molecule has 0 radical (unpaired) electrons. The van der Waals surface area contributed by atoms with Crippen LogP contribution in [0.1, 0.15) is 57.8 Å². The van der Waals surface area contributed by atoms with Crippen LogP contribution in [0.5, 0.6) is 0 Å². The van der Waals surface area contributed by atoms with E-state index < -0.39 is 0 Å². The van der Waals surface area contributed by atoms with Crippen molar-refractivity contribution in [1.29, 1.82) is 0 Å². The Morgan fingerprint density at radius 2 is 1.46 bits per heavy atom. The van der Waals surface area contributed by atoms with Crippen molar-refractivity contribution in [3.63, 3.8) is 0 Å². The Morgan fingerprint density at radius 3 is 1.93 bits per heavy atom. The van der Waals surface area contributed by atoms with Gasteiger partial charge < -0.3 is 25.2 Å². The summed E-state index contributed by atoms with van der Waals surface area (Å²) >= 11 is 0. The van der Waals surface area contributed by atoms with Gasteiger partial charge in [-0.1, -0.05) is 12.8 Å². The van der Waals surface area contributed by atoms with Gasteiger partial charge in [0, 0.05) is 26.2 Å². The first-order chi connectivity index (χ1) is 13.8. The van der Waals surface area contributed by atoms with E-state index in [1.807, 2.05) is 9.80 Å². The van der Waals surface area contributed by atoms with Crippen molar-refractivity contribution in [2.75, 3.05) is 59.0 Å². The SMILES string of the molecule is C1CCNCC1.O=C(C1CCCCN1)N1CCOCC1.O=CN1CCCCC1. The topological polar surface area (TPSA) is 73.9 Å². The molecule has 7 nitrogen and oxygen atoms in total. The Morgan fingerprint density at radius 1 is 0.821 bits per heavy atom. The molecule has 1 atom stereocenters. The number of nitrogens with zero attached hydrogens (tertiary/aromatic N) is 2. The number of likely N-dealkylation sites (tertiary alicyclic amines) is 1. The van der Waals surface area contributed by atoms with Crippen LogP contribution in [0.25, 0.3) is 0 Å². The number of morpholine rings is 1. The largest absolute Gasteiger partial charge is 0.378 e. The van der Waals surface area contributed by atoms with Crippen molar-refractivity contribution in [3.8, 4) is 0 Å². The quantitative estimate of drug-likeness (QED) is 0.690. The highest BCUT2D eigenvalue weighted by molar-refractivity contribution is 5.82. The average molecular weight is 397 g/mol. The normalized spacial score (nSPS) is 25.5. The number of rotatable bonds is 2. The van der Waals surface area contributed by atoms with Crippen molar-refractivity contribution in [1.82, 2.24) is 20.4 Å². The van der Waals surface area contributed by atoms with Crippen molar-refractivity contribution >= 4 is 12.3 Å². The number of carbonyl (C=O) groups excluding carboxylic acids is 2. The fourth-order valence-electron chi connectivity index (χ4n) is 3.89. The molecule has 4 rings (SSSR count). The van der Waals surface area contributed by atoms with Crippen molar-refractivity contribution in [2.45, 2.75) is 63.8 Å². The van der Waals surface area contributed by atoms with Crippen LogP contribution in [0, 0.1) is 0 Å². The number of piperidine rings is 3. The van der Waals surface area contributed by atoms with Gasteiger partial charge in [0.25, 0.3) is 0 Å². The molecular weight excluding hydrogens is 356 g/mol. The van der Waals surface area contributed by atoms with Gasteiger partial charge in [0.05, 0.1) is 19.3 Å². The molecule has 0 aromatic rings. The number of amides is 2. The molecule has 0 bridgehead atoms. The van der Waals surface area contributed by atoms with Crippen LogP contribution < -0.4 is 10.6 Å². The third-order valence-electron chi connectivity index (χ3n) is 5.68. The van der Waals surface area contributed by atoms with Gasteiger partial charge >= 0.3 is 0 Å². The van der Waals surface area contributed by atoms with E-state index in [0.29, 0.717) is 13.2 Å². The predicted molar refractivity (Wildman–Crippen MR) is 111 cm³/mol. The first-order valence-electron chi connectivity index (χ1n) is 11.3. The first kappa shape index (κ1) is 23.1. The maximum absolute atomic E-state index is 12.0. The van der Waals surface area contributed by atoms with Gasteiger partial charge in [-0.25, -0.2) is 0 Å². The highest BCUT2D eigenvalue weighted by Gasteiger charge is 2.26. The maximum atomic E-state index is 12.0. The predicted octanol–water partition coefficient (Wildman–Crippen LogP) is 1.38. The van der Waals surface area contributed by atoms with Crippen LogP contribution in [0.2, 0.25) is 0 Å². The molecule has 4 saturated heterocycles. The van der Waals surface area contributed by atoms with E-state index in [1.165, 1.54) is 64.5 Å². The summed E-state index contributed by atoms with van der Waals surface area (Å²) in [6.07, 6.45) is 12.2. The van der Waals surface area contributed by atoms with E-state index in [0.717, 1.165) is 45.6 Å². The minimum atomic E-state index is 0.0712. The molecule has 4 aliphatic rings. The molecule has 4 aliphatic heterocycles. The third-order valence-corrected chi connectivity index (χ3v) is 5.68. The van der Waals surface area contributed by atoms with Gasteiger partial charge in [-0.2, -0.15) is 0 Å². The van der Waals surface area contributed by atoms with Crippen molar-refractivity contribution in [3.05, 3.63) is 0 Å². The lowest BCUT2D eigenvalue weighted by Crippen LogP contribution is -2.51. The lowest BCUT2D eigenvalue weighted by atomic mass is 10.0. The zero-order valence-electron chi connectivity index (χ0n) is 17.5. The van der Waals surface area contributed by atoms with E-state index in [2.05, 4.69) is 10.6 Å². The zero-order valence-corrected chi connectivity index (χ0v) is 17.5. The van der Waals surface area contributed by atoms with E-state index in [-0.39, 0.29) is 11.9 Å². The zero-order chi connectivity index (χ0) is 19.9. The maximum Gasteiger partial charge on any atom is 0.239 e. The monoisotopic (exact) mass is 396 g/mol. The van der Waals surface area contributed by atoms with E-state index in [9.17, 15) is 9.59 Å². The van der Waals surface area contributed by atoms with Gasteiger partial charge in [-0.05, 0) is 64.6 Å². The highest BCUT2D eigenvalue weighted by Crippen LogP contribution is 2.11. The van der Waals surface area contributed by atoms with E-state index in [4.69, 9.17) is 4.74 Å². The molecule has 7 heteroatoms. The second kappa shape index (κ2) is 14.8. The van der Waals surface area contributed by atoms with Crippen LogP contribution in [-0.4, -0.2) is 87.2 Å². The summed E-state index contributed by atoms with van der Waals surface area (Å²) in [6.45, 7) is 8.35. The lowest BCUT2D eigenvalue weighted by Gasteiger charge is -2.32. The molecule has 162 valence electrons. The summed E-state index contributed by atoms with van der Waals surface area (Å²) in [4.78, 5) is 25.8. The Hall–Kier alpha value is -1.18. The fraction of sp³-hybridized carbons (Fsp3) is 0.905. The molecule has 4 fully saturated rings. The lowest BCUT2D eigenvalue weighted by molar-refractivity contribution is -0.138. The van der Waals surface area contributed by atoms with Gasteiger partial charge in [-0.15, -0.1) is 0 Å². The molecule has 2 N–H and O–H groups in total. The summed E-state index contributed by atoms with van der Waals surface area (Å²) in [5.41, 5.74) is 0. The summed E-state index contributed by atoms with van der Waals surface area (Å²) in [5, 5.41) is 6.57. The number of hydrogen-bond donors (Lipinski definition) is 2. The number of carbonyl (C=O) groups is 2. The number of hydrogen-bond acceptors (Lipinski definition) is 5. The van der Waals surface area contributed by atoms with Crippen molar-refractivity contribution < 1.29 is 14.3 Å². The molecule has 28 heavy (non-hydrogen) atoms. The third kappa shape index (κ3) is 9.34.